The average Bonchev–Trinajstić information content (AvgIpc) is 2.92. The van der Waals surface area contributed by atoms with Crippen LogP contribution in [0.3, 0.4) is 0 Å². The van der Waals surface area contributed by atoms with Gasteiger partial charge in [0.05, 0.1) is 12.2 Å². The van der Waals surface area contributed by atoms with Gasteiger partial charge in [-0.2, -0.15) is 0 Å². The molecule has 0 spiro atoms. The molecule has 1 heterocycles. The van der Waals surface area contributed by atoms with Gasteiger partial charge in [-0.1, -0.05) is 13.0 Å². The summed E-state index contributed by atoms with van der Waals surface area (Å²) in [6.45, 7) is 4.62. The van der Waals surface area contributed by atoms with E-state index in [1.54, 1.807) is 24.3 Å². The molecule has 1 atom stereocenters. The number of primary amides is 1. The first-order valence-corrected chi connectivity index (χ1v) is 9.29. The summed E-state index contributed by atoms with van der Waals surface area (Å²) in [5, 5.41) is 3.43. The van der Waals surface area contributed by atoms with Gasteiger partial charge in [-0.25, -0.2) is 0 Å². The van der Waals surface area contributed by atoms with E-state index in [1.165, 1.54) is 11.3 Å². The van der Waals surface area contributed by atoms with Gasteiger partial charge in [-0.05, 0) is 55.9 Å². The van der Waals surface area contributed by atoms with Gasteiger partial charge >= 0.3 is 0 Å². The van der Waals surface area contributed by atoms with Crippen molar-refractivity contribution >= 4 is 28.2 Å². The van der Waals surface area contributed by atoms with Crippen LogP contribution < -0.4 is 15.8 Å². The second-order valence-electron chi connectivity index (χ2n) is 6.34. The van der Waals surface area contributed by atoms with Gasteiger partial charge in [0.2, 0.25) is 0 Å². The second kappa shape index (κ2) is 7.27. The van der Waals surface area contributed by atoms with Crippen molar-refractivity contribution in [2.24, 2.45) is 11.7 Å². The van der Waals surface area contributed by atoms with Crippen LogP contribution in [0.4, 0.5) is 5.00 Å². The second-order valence-corrected chi connectivity index (χ2v) is 7.44. The minimum atomic E-state index is -0.481. The Morgan fingerprint density at radius 2 is 2.20 bits per heavy atom. The topological polar surface area (TPSA) is 81.4 Å². The van der Waals surface area contributed by atoms with Crippen LogP contribution in [-0.2, 0) is 12.8 Å². The predicted molar refractivity (Wildman–Crippen MR) is 99.6 cm³/mol. The highest BCUT2D eigenvalue weighted by Crippen LogP contribution is 2.39. The Kier molecular flexibility index (Phi) is 5.08. The van der Waals surface area contributed by atoms with Crippen molar-refractivity contribution in [3.63, 3.8) is 0 Å². The number of rotatable bonds is 5. The number of carbonyl (C=O) groups excluding carboxylic acids is 2. The highest BCUT2D eigenvalue weighted by atomic mass is 32.1. The Morgan fingerprint density at radius 1 is 1.40 bits per heavy atom. The molecule has 1 aliphatic rings. The standard InChI is InChI=1S/C19H22N2O3S/c1-3-24-13-6-4-5-12(10-13)18(23)21-19-16(17(20)22)14-8-7-11(2)9-15(14)25-19/h4-6,10-11H,3,7-9H2,1-2H3,(H2,20,22)(H,21,23)/t11-/m0/s1. The maximum atomic E-state index is 12.6. The highest BCUT2D eigenvalue weighted by Gasteiger charge is 2.27. The van der Waals surface area contributed by atoms with E-state index in [2.05, 4.69) is 12.2 Å². The smallest absolute Gasteiger partial charge is 0.256 e. The molecule has 1 aliphatic carbocycles. The molecule has 6 heteroatoms. The molecule has 2 amide bonds. The van der Waals surface area contributed by atoms with Gasteiger partial charge < -0.3 is 15.8 Å². The first-order valence-electron chi connectivity index (χ1n) is 8.48. The molecular weight excluding hydrogens is 336 g/mol. The van der Waals surface area contributed by atoms with Crippen molar-refractivity contribution in [1.82, 2.24) is 0 Å². The number of anilines is 1. The van der Waals surface area contributed by atoms with Gasteiger partial charge in [0.1, 0.15) is 10.8 Å². The zero-order valence-corrected chi connectivity index (χ0v) is 15.2. The third-order valence-corrected chi connectivity index (χ3v) is 5.56. The van der Waals surface area contributed by atoms with E-state index in [0.29, 0.717) is 34.4 Å². The van der Waals surface area contributed by atoms with Crippen LogP contribution in [0.15, 0.2) is 24.3 Å². The molecule has 0 unspecified atom stereocenters. The lowest BCUT2D eigenvalue weighted by molar-refractivity contribution is 0.1000. The Hall–Kier alpha value is -2.34. The molecule has 0 radical (unpaired) electrons. The first kappa shape index (κ1) is 17.5. The van der Waals surface area contributed by atoms with Crippen LogP contribution in [0, 0.1) is 5.92 Å². The number of carbonyl (C=O) groups is 2. The van der Waals surface area contributed by atoms with Gasteiger partial charge in [-0.3, -0.25) is 9.59 Å². The SMILES string of the molecule is CCOc1cccc(C(=O)Nc2sc3c(c2C(N)=O)CC[C@H](C)C3)c1. The Morgan fingerprint density at radius 3 is 2.92 bits per heavy atom. The lowest BCUT2D eigenvalue weighted by Gasteiger charge is -2.18. The summed E-state index contributed by atoms with van der Waals surface area (Å²) < 4.78 is 5.44. The van der Waals surface area contributed by atoms with E-state index < -0.39 is 5.91 Å². The van der Waals surface area contributed by atoms with E-state index in [0.717, 1.165) is 29.7 Å². The molecule has 132 valence electrons. The molecule has 25 heavy (non-hydrogen) atoms. The molecule has 0 bridgehead atoms. The largest absolute Gasteiger partial charge is 0.494 e. The molecule has 0 aliphatic heterocycles. The summed E-state index contributed by atoms with van der Waals surface area (Å²) in [6.07, 6.45) is 2.80. The van der Waals surface area contributed by atoms with Crippen LogP contribution in [0.1, 0.15) is 51.4 Å². The van der Waals surface area contributed by atoms with Crippen LogP contribution in [-0.4, -0.2) is 18.4 Å². The van der Waals surface area contributed by atoms with Crippen LogP contribution in [0.5, 0.6) is 5.75 Å². The number of hydrogen-bond donors (Lipinski definition) is 2. The fourth-order valence-corrected chi connectivity index (χ4v) is 4.58. The average molecular weight is 358 g/mol. The van der Waals surface area contributed by atoms with Crippen molar-refractivity contribution < 1.29 is 14.3 Å². The lowest BCUT2D eigenvalue weighted by Crippen LogP contribution is -2.19. The monoisotopic (exact) mass is 358 g/mol. The van der Waals surface area contributed by atoms with Crippen molar-refractivity contribution in [2.75, 3.05) is 11.9 Å². The Bertz CT molecular complexity index is 813. The number of benzene rings is 1. The van der Waals surface area contributed by atoms with Crippen molar-refractivity contribution in [3.05, 3.63) is 45.8 Å². The fourth-order valence-electron chi connectivity index (χ4n) is 3.17. The predicted octanol–water partition coefficient (Wildman–Crippen LogP) is 3.62. The Balaban J connectivity index is 1.88. The molecule has 0 saturated carbocycles. The summed E-state index contributed by atoms with van der Waals surface area (Å²) in [4.78, 5) is 25.7. The van der Waals surface area contributed by atoms with Crippen molar-refractivity contribution in [3.8, 4) is 5.75 Å². The molecule has 3 N–H and O–H groups in total. The summed E-state index contributed by atoms with van der Waals surface area (Å²) in [5.41, 5.74) is 7.56. The minimum absolute atomic E-state index is 0.268. The van der Waals surface area contributed by atoms with E-state index in [9.17, 15) is 9.59 Å². The third-order valence-electron chi connectivity index (χ3n) is 4.39. The van der Waals surface area contributed by atoms with Gasteiger partial charge in [0.15, 0.2) is 0 Å². The van der Waals surface area contributed by atoms with Crippen LogP contribution >= 0.6 is 11.3 Å². The molecule has 0 saturated heterocycles. The van der Waals surface area contributed by atoms with E-state index in [4.69, 9.17) is 10.5 Å². The molecule has 0 fully saturated rings. The van der Waals surface area contributed by atoms with Gasteiger partial charge in [-0.15, -0.1) is 11.3 Å². The zero-order chi connectivity index (χ0) is 18.0. The van der Waals surface area contributed by atoms with E-state index in [1.807, 2.05) is 6.92 Å². The lowest BCUT2D eigenvalue weighted by atomic mass is 9.88. The number of nitrogens with one attached hydrogen (secondary N) is 1. The first-order chi connectivity index (χ1) is 12.0. The fraction of sp³-hybridized carbons (Fsp3) is 0.368. The van der Waals surface area contributed by atoms with E-state index >= 15 is 0 Å². The zero-order valence-electron chi connectivity index (χ0n) is 14.4. The molecule has 2 aromatic rings. The van der Waals surface area contributed by atoms with Crippen LogP contribution in [0.2, 0.25) is 0 Å². The quantitative estimate of drug-likeness (QED) is 0.856. The number of nitrogens with two attached hydrogens (primary N) is 1. The number of amides is 2. The number of fused-ring (bicyclic) bond motifs is 1. The number of hydrogen-bond acceptors (Lipinski definition) is 4. The Labute approximate surface area is 151 Å². The molecule has 1 aromatic carbocycles. The maximum Gasteiger partial charge on any atom is 0.256 e. The third kappa shape index (κ3) is 3.69. The normalized spacial score (nSPS) is 16.2. The highest BCUT2D eigenvalue weighted by molar-refractivity contribution is 7.17. The number of ether oxygens (including phenoxy) is 1. The maximum absolute atomic E-state index is 12.6. The van der Waals surface area contributed by atoms with Gasteiger partial charge in [0, 0.05) is 10.4 Å². The minimum Gasteiger partial charge on any atom is -0.494 e. The van der Waals surface area contributed by atoms with E-state index in [-0.39, 0.29) is 5.91 Å². The van der Waals surface area contributed by atoms with Crippen molar-refractivity contribution in [2.45, 2.75) is 33.1 Å². The van der Waals surface area contributed by atoms with Gasteiger partial charge in [0.25, 0.3) is 11.8 Å². The van der Waals surface area contributed by atoms with Crippen LogP contribution in [0.25, 0.3) is 0 Å². The summed E-state index contributed by atoms with van der Waals surface area (Å²) >= 11 is 1.47. The summed E-state index contributed by atoms with van der Waals surface area (Å²) in [6, 6.07) is 6.99. The molecule has 3 rings (SSSR count). The summed E-state index contributed by atoms with van der Waals surface area (Å²) in [7, 11) is 0. The molecule has 1 aromatic heterocycles. The molecular formula is C19H22N2O3S. The van der Waals surface area contributed by atoms with Crippen molar-refractivity contribution in [1.29, 1.82) is 0 Å². The summed E-state index contributed by atoms with van der Waals surface area (Å²) in [5.74, 6) is 0.476. The molecule has 5 nitrogen and oxygen atoms in total. The number of thiophene rings is 1.